The van der Waals surface area contributed by atoms with E-state index >= 15 is 0 Å². The summed E-state index contributed by atoms with van der Waals surface area (Å²) in [5.41, 5.74) is 0.556. The van der Waals surface area contributed by atoms with Crippen molar-refractivity contribution in [1.29, 1.82) is 0 Å². The van der Waals surface area contributed by atoms with Gasteiger partial charge in [-0.1, -0.05) is 0 Å². The van der Waals surface area contributed by atoms with E-state index in [4.69, 9.17) is 4.11 Å². The van der Waals surface area contributed by atoms with Crippen molar-refractivity contribution < 1.29 is 4.11 Å². The van der Waals surface area contributed by atoms with Crippen LogP contribution in [0.2, 0.25) is 0 Å². The van der Waals surface area contributed by atoms with Crippen molar-refractivity contribution in [2.45, 2.75) is 32.2 Å². The van der Waals surface area contributed by atoms with Crippen LogP contribution < -0.4 is 4.90 Å². The van der Waals surface area contributed by atoms with Crippen LogP contribution >= 0.6 is 15.9 Å². The smallest absolute Gasteiger partial charge is 0.0862 e. The van der Waals surface area contributed by atoms with Gasteiger partial charge in [0.15, 0.2) is 0 Å². The quantitative estimate of drug-likeness (QED) is 0.768. The zero-order chi connectivity index (χ0) is 12.6. The Morgan fingerprint density at radius 1 is 1.57 bits per heavy atom. The number of nitrogens with zero attached hydrogens (tertiary/aromatic N) is 2. The highest BCUT2D eigenvalue weighted by Gasteiger charge is 2.18. The fraction of sp³-hybridized carbons (Fsp3) is 0.545. The van der Waals surface area contributed by atoms with Crippen LogP contribution in [0.4, 0.5) is 5.69 Å². The lowest BCUT2D eigenvalue weighted by molar-refractivity contribution is 0.484. The molecule has 1 saturated heterocycles. The number of rotatable bonds is 1. The second-order valence-corrected chi connectivity index (χ2v) is 4.45. The normalized spacial score (nSPS) is 25.4. The molecule has 2 nitrogen and oxygen atoms in total. The molecule has 2 rings (SSSR count). The minimum atomic E-state index is -0.0339. The molecule has 1 aromatic rings. The van der Waals surface area contributed by atoms with Gasteiger partial charge >= 0.3 is 0 Å². The summed E-state index contributed by atoms with van der Waals surface area (Å²) in [6, 6.07) is 0.547. The third kappa shape index (κ3) is 2.08. The Balaban J connectivity index is 2.47. The van der Waals surface area contributed by atoms with Crippen LogP contribution in [-0.4, -0.2) is 17.6 Å². The molecule has 1 aliphatic rings. The lowest BCUT2D eigenvalue weighted by Crippen LogP contribution is -2.37. The van der Waals surface area contributed by atoms with Crippen LogP contribution in [0, 0.1) is 0 Å². The molecule has 1 unspecified atom stereocenters. The third-order valence-corrected chi connectivity index (χ3v) is 3.01. The van der Waals surface area contributed by atoms with Crippen LogP contribution in [0.3, 0.4) is 0 Å². The molecule has 0 aliphatic carbocycles. The molecule has 14 heavy (non-hydrogen) atoms. The summed E-state index contributed by atoms with van der Waals surface area (Å²) in [5, 5.41) is 0. The van der Waals surface area contributed by atoms with E-state index in [1.165, 1.54) is 6.42 Å². The highest BCUT2D eigenvalue weighted by atomic mass is 79.9. The Morgan fingerprint density at radius 3 is 3.21 bits per heavy atom. The molecule has 3 heteroatoms. The van der Waals surface area contributed by atoms with Gasteiger partial charge in [-0.25, -0.2) is 0 Å². The standard InChI is InChI=1S/C11H15BrN2/c1-9-4-2-3-5-14(9)11-6-10(12)7-13-8-11/h6-9H,2-5H2,1H3/i6D,7D,8D. The van der Waals surface area contributed by atoms with Gasteiger partial charge in [0, 0.05) is 23.2 Å². The molecule has 0 N–H and O–H groups in total. The number of aromatic nitrogens is 1. The molecule has 1 atom stereocenters. The van der Waals surface area contributed by atoms with E-state index in [0.29, 0.717) is 16.2 Å². The topological polar surface area (TPSA) is 16.1 Å². The molecule has 0 amide bonds. The van der Waals surface area contributed by atoms with E-state index in [2.05, 4.69) is 32.7 Å². The number of anilines is 1. The maximum atomic E-state index is 8.03. The maximum absolute atomic E-state index is 8.03. The molecular weight excluding hydrogens is 240 g/mol. The van der Waals surface area contributed by atoms with E-state index in [0.717, 1.165) is 19.4 Å². The predicted molar refractivity (Wildman–Crippen MR) is 62.6 cm³/mol. The average molecular weight is 258 g/mol. The number of halogens is 1. The van der Waals surface area contributed by atoms with Gasteiger partial charge < -0.3 is 4.90 Å². The molecule has 0 saturated carbocycles. The van der Waals surface area contributed by atoms with Crippen molar-refractivity contribution in [3.05, 3.63) is 22.9 Å². The fourth-order valence-electron chi connectivity index (χ4n) is 1.86. The Kier molecular flexibility index (Phi) is 2.10. The first-order chi connectivity index (χ1) is 8.02. The molecule has 1 fully saturated rings. The van der Waals surface area contributed by atoms with E-state index in [9.17, 15) is 0 Å². The van der Waals surface area contributed by atoms with Crippen LogP contribution in [0.5, 0.6) is 0 Å². The van der Waals surface area contributed by atoms with Crippen molar-refractivity contribution >= 4 is 21.6 Å². The van der Waals surface area contributed by atoms with Gasteiger partial charge in [-0.2, -0.15) is 0 Å². The largest absolute Gasteiger partial charge is 0.368 e. The summed E-state index contributed by atoms with van der Waals surface area (Å²) < 4.78 is 23.8. The minimum Gasteiger partial charge on any atom is -0.368 e. The summed E-state index contributed by atoms with van der Waals surface area (Å²) in [5.74, 6) is 0. The summed E-state index contributed by atoms with van der Waals surface area (Å²) in [7, 11) is 0. The van der Waals surface area contributed by atoms with Gasteiger partial charge in [-0.15, -0.1) is 0 Å². The second-order valence-electron chi connectivity index (χ2n) is 3.66. The van der Waals surface area contributed by atoms with Gasteiger partial charge in [0.1, 0.15) is 0 Å². The molecule has 1 aromatic heterocycles. The minimum absolute atomic E-state index is 0.0339. The average Bonchev–Trinajstić information content (AvgIpc) is 2.29. The molecule has 0 bridgehead atoms. The van der Waals surface area contributed by atoms with E-state index in [1.54, 1.807) is 0 Å². The first kappa shape index (κ1) is 6.83. The molecule has 76 valence electrons. The lowest BCUT2D eigenvalue weighted by Gasteiger charge is -2.35. The Hall–Kier alpha value is -0.570. The molecule has 0 aromatic carbocycles. The van der Waals surface area contributed by atoms with Gasteiger partial charge in [0.25, 0.3) is 0 Å². The second kappa shape index (κ2) is 4.30. The molecular formula is C11H15BrN2. The zero-order valence-electron chi connectivity index (χ0n) is 11.2. The van der Waals surface area contributed by atoms with Gasteiger partial charge in [0.2, 0.25) is 0 Å². The molecule has 0 spiro atoms. The monoisotopic (exact) mass is 257 g/mol. The SMILES string of the molecule is [2H]c1nc([2H])c(N2CCCCC2C)c([2H])c1Br. The lowest BCUT2D eigenvalue weighted by atomic mass is 10.0. The van der Waals surface area contributed by atoms with E-state index < -0.39 is 0 Å². The fourth-order valence-corrected chi connectivity index (χ4v) is 2.13. The van der Waals surface area contributed by atoms with E-state index in [1.807, 2.05) is 0 Å². The highest BCUT2D eigenvalue weighted by Crippen LogP contribution is 2.25. The number of pyridine rings is 1. The Morgan fingerprint density at radius 2 is 2.43 bits per heavy atom. The number of piperidine rings is 1. The highest BCUT2D eigenvalue weighted by molar-refractivity contribution is 9.10. The van der Waals surface area contributed by atoms with Crippen LogP contribution in [0.1, 0.15) is 30.3 Å². The first-order valence-electron chi connectivity index (χ1n) is 6.42. The summed E-state index contributed by atoms with van der Waals surface area (Å²) in [6.45, 7) is 2.98. The van der Waals surface area contributed by atoms with Crippen molar-refractivity contribution in [1.82, 2.24) is 4.98 Å². The zero-order valence-corrected chi connectivity index (χ0v) is 9.76. The van der Waals surface area contributed by atoms with Crippen molar-refractivity contribution in [2.75, 3.05) is 11.4 Å². The van der Waals surface area contributed by atoms with Gasteiger partial charge in [-0.3, -0.25) is 4.98 Å². The predicted octanol–water partition coefficient (Wildman–Crippen LogP) is 3.22. The number of hydrogen-bond donors (Lipinski definition) is 0. The van der Waals surface area contributed by atoms with Crippen LogP contribution in [-0.2, 0) is 0 Å². The summed E-state index contributed by atoms with van der Waals surface area (Å²) in [4.78, 5) is 5.94. The van der Waals surface area contributed by atoms with Crippen molar-refractivity contribution in [2.24, 2.45) is 0 Å². The Labute approximate surface area is 97.7 Å². The first-order valence-corrected chi connectivity index (χ1v) is 5.71. The van der Waals surface area contributed by atoms with Crippen LogP contribution in [0.25, 0.3) is 0 Å². The number of hydrogen-bond acceptors (Lipinski definition) is 2. The molecule has 1 aliphatic heterocycles. The molecule has 0 radical (unpaired) electrons. The Bertz CT molecular complexity index is 439. The maximum Gasteiger partial charge on any atom is 0.0862 e. The van der Waals surface area contributed by atoms with Gasteiger partial charge in [0.05, 0.1) is 16.0 Å². The third-order valence-electron chi connectivity index (χ3n) is 2.63. The molecule has 2 heterocycles. The summed E-state index contributed by atoms with van der Waals surface area (Å²) >= 11 is 3.20. The summed E-state index contributed by atoms with van der Waals surface area (Å²) in [6.07, 6.45) is 3.37. The van der Waals surface area contributed by atoms with Gasteiger partial charge in [-0.05, 0) is 48.2 Å². The van der Waals surface area contributed by atoms with Crippen molar-refractivity contribution in [3.8, 4) is 0 Å². The van der Waals surface area contributed by atoms with E-state index in [-0.39, 0.29) is 18.4 Å². The van der Waals surface area contributed by atoms with Crippen LogP contribution in [0.15, 0.2) is 22.9 Å². The van der Waals surface area contributed by atoms with Crippen molar-refractivity contribution in [3.63, 3.8) is 0 Å².